The maximum absolute atomic E-state index is 13.1. The van der Waals surface area contributed by atoms with E-state index in [1.807, 2.05) is 13.8 Å². The first-order valence-electron chi connectivity index (χ1n) is 11.5. The van der Waals surface area contributed by atoms with Crippen molar-refractivity contribution in [2.24, 2.45) is 11.8 Å². The third-order valence-electron chi connectivity index (χ3n) is 6.26. The average molecular weight is 492 g/mol. The smallest absolute Gasteiger partial charge is 0.243 e. The molecule has 2 aromatic rings. The van der Waals surface area contributed by atoms with E-state index in [2.05, 4.69) is 10.6 Å². The lowest BCUT2D eigenvalue weighted by Gasteiger charge is -2.32. The minimum absolute atomic E-state index is 0.0709. The molecule has 1 aromatic carbocycles. The van der Waals surface area contributed by atoms with Crippen molar-refractivity contribution < 1.29 is 27.2 Å². The Morgan fingerprint density at radius 2 is 1.97 bits per heavy atom. The average Bonchev–Trinajstić information content (AvgIpc) is 3.39. The first-order chi connectivity index (χ1) is 16.3. The summed E-state index contributed by atoms with van der Waals surface area (Å²) in [5.41, 5.74) is 0. The van der Waals surface area contributed by atoms with Gasteiger partial charge in [-0.1, -0.05) is 20.3 Å². The quantitative estimate of drug-likeness (QED) is 0.527. The highest BCUT2D eigenvalue weighted by molar-refractivity contribution is 7.89. The van der Waals surface area contributed by atoms with Gasteiger partial charge in [-0.05, 0) is 55.2 Å². The normalized spacial score (nSPS) is 18.6. The van der Waals surface area contributed by atoms with Gasteiger partial charge in [0.1, 0.15) is 17.6 Å². The van der Waals surface area contributed by atoms with Gasteiger partial charge < -0.3 is 19.8 Å². The van der Waals surface area contributed by atoms with Gasteiger partial charge in [-0.25, -0.2) is 8.42 Å². The lowest BCUT2D eigenvalue weighted by Crippen LogP contribution is -2.53. The van der Waals surface area contributed by atoms with Crippen LogP contribution in [0.1, 0.15) is 38.9 Å². The Kier molecular flexibility index (Phi) is 8.73. The van der Waals surface area contributed by atoms with Crippen LogP contribution in [0.15, 0.2) is 52.0 Å². The van der Waals surface area contributed by atoms with E-state index in [9.17, 15) is 18.0 Å². The molecule has 0 radical (unpaired) electrons. The molecule has 9 nitrogen and oxygen atoms in total. The minimum Gasteiger partial charge on any atom is -0.497 e. The zero-order valence-electron chi connectivity index (χ0n) is 19.8. The first kappa shape index (κ1) is 25.8. The largest absolute Gasteiger partial charge is 0.497 e. The van der Waals surface area contributed by atoms with Crippen LogP contribution in [-0.4, -0.2) is 50.8 Å². The number of amides is 2. The lowest BCUT2D eigenvalue weighted by molar-refractivity contribution is -0.133. The molecule has 1 aromatic heterocycles. The standard InChI is InChI=1S/C24H33N3O6S/c1-4-17(2)22(24(29)25-15-20-8-6-14-33-20)26-23(28)18-7-5-13-27(16-18)34(30,31)21-11-9-19(32-3)10-12-21/h6,8-12,14,17-18,22H,4-5,7,13,15-16H2,1-3H3,(H,25,29)(H,26,28)/t17?,18?,22-/m0/s1. The van der Waals surface area contributed by atoms with E-state index < -0.39 is 22.0 Å². The number of hydrogen-bond donors (Lipinski definition) is 2. The Morgan fingerprint density at radius 1 is 1.24 bits per heavy atom. The number of rotatable bonds is 10. The number of benzene rings is 1. The van der Waals surface area contributed by atoms with Crippen LogP contribution in [0.4, 0.5) is 0 Å². The van der Waals surface area contributed by atoms with Crippen LogP contribution < -0.4 is 15.4 Å². The summed E-state index contributed by atoms with van der Waals surface area (Å²) < 4.78 is 37.9. The molecule has 2 N–H and O–H groups in total. The first-order valence-corrected chi connectivity index (χ1v) is 12.9. The van der Waals surface area contributed by atoms with Gasteiger partial charge in [0.15, 0.2) is 0 Å². The fourth-order valence-corrected chi connectivity index (χ4v) is 5.47. The zero-order valence-corrected chi connectivity index (χ0v) is 20.6. The molecule has 0 saturated carbocycles. The maximum Gasteiger partial charge on any atom is 0.243 e. The summed E-state index contributed by atoms with van der Waals surface area (Å²) in [5, 5.41) is 5.68. The number of furan rings is 1. The highest BCUT2D eigenvalue weighted by Crippen LogP contribution is 2.25. The van der Waals surface area contributed by atoms with Crippen molar-refractivity contribution in [1.82, 2.24) is 14.9 Å². The summed E-state index contributed by atoms with van der Waals surface area (Å²) in [7, 11) is -2.23. The van der Waals surface area contributed by atoms with Crippen LogP contribution in [0.5, 0.6) is 5.75 Å². The molecule has 1 aliphatic rings. The predicted molar refractivity (Wildman–Crippen MR) is 126 cm³/mol. The van der Waals surface area contributed by atoms with Crippen LogP contribution >= 0.6 is 0 Å². The topological polar surface area (TPSA) is 118 Å². The number of methoxy groups -OCH3 is 1. The summed E-state index contributed by atoms with van der Waals surface area (Å²) in [4.78, 5) is 26.1. The van der Waals surface area contributed by atoms with Crippen molar-refractivity contribution in [1.29, 1.82) is 0 Å². The number of ether oxygens (including phenoxy) is 1. The van der Waals surface area contributed by atoms with Crippen molar-refractivity contribution in [3.05, 3.63) is 48.4 Å². The molecule has 10 heteroatoms. The Morgan fingerprint density at radius 3 is 2.59 bits per heavy atom. The van der Waals surface area contributed by atoms with E-state index >= 15 is 0 Å². The number of nitrogens with zero attached hydrogens (tertiary/aromatic N) is 1. The predicted octanol–water partition coefficient (Wildman–Crippen LogP) is 2.54. The van der Waals surface area contributed by atoms with Crippen molar-refractivity contribution in [3.8, 4) is 5.75 Å². The molecule has 0 aliphatic carbocycles. The van der Waals surface area contributed by atoms with Crippen molar-refractivity contribution >= 4 is 21.8 Å². The second-order valence-electron chi connectivity index (χ2n) is 8.55. The van der Waals surface area contributed by atoms with Gasteiger partial charge in [0.2, 0.25) is 21.8 Å². The van der Waals surface area contributed by atoms with E-state index in [0.717, 1.165) is 0 Å². The molecule has 0 spiro atoms. The van der Waals surface area contributed by atoms with Crippen LogP contribution in [0, 0.1) is 11.8 Å². The molecule has 2 amide bonds. The summed E-state index contributed by atoms with van der Waals surface area (Å²) in [5.74, 6) is -0.0503. The Balaban J connectivity index is 1.66. The number of hydrogen-bond acceptors (Lipinski definition) is 6. The second-order valence-corrected chi connectivity index (χ2v) is 10.5. The summed E-state index contributed by atoms with van der Waals surface area (Å²) in [6.07, 6.45) is 3.35. The minimum atomic E-state index is -3.74. The Bertz CT molecular complexity index is 1050. The van der Waals surface area contributed by atoms with Gasteiger partial charge in [0.25, 0.3) is 0 Å². The van der Waals surface area contributed by atoms with Crippen molar-refractivity contribution in [2.45, 2.75) is 50.6 Å². The van der Waals surface area contributed by atoms with Crippen molar-refractivity contribution in [3.63, 3.8) is 0 Å². The SMILES string of the molecule is CCC(C)[C@H](NC(=O)C1CCCN(S(=O)(=O)c2ccc(OC)cc2)C1)C(=O)NCc1ccco1. The Hall–Kier alpha value is -2.85. The van der Waals surface area contributed by atoms with Gasteiger partial charge in [-0.15, -0.1) is 0 Å². The summed E-state index contributed by atoms with van der Waals surface area (Å²) in [6.45, 7) is 4.50. The van der Waals surface area contributed by atoms with Gasteiger partial charge in [0, 0.05) is 13.1 Å². The Labute approximate surface area is 200 Å². The molecule has 34 heavy (non-hydrogen) atoms. The fraction of sp³-hybridized carbons (Fsp3) is 0.500. The second kappa shape index (κ2) is 11.5. The van der Waals surface area contributed by atoms with Crippen LogP contribution in [0.2, 0.25) is 0 Å². The van der Waals surface area contributed by atoms with Gasteiger partial charge in [0.05, 0.1) is 30.7 Å². The van der Waals surface area contributed by atoms with Crippen molar-refractivity contribution in [2.75, 3.05) is 20.2 Å². The highest BCUT2D eigenvalue weighted by Gasteiger charge is 2.35. The van der Waals surface area contributed by atoms with Gasteiger partial charge in [-0.3, -0.25) is 9.59 Å². The zero-order chi connectivity index (χ0) is 24.7. The van der Waals surface area contributed by atoms with E-state index in [-0.39, 0.29) is 35.7 Å². The van der Waals surface area contributed by atoms with E-state index in [4.69, 9.17) is 9.15 Å². The summed E-state index contributed by atoms with van der Waals surface area (Å²) >= 11 is 0. The van der Waals surface area contributed by atoms with Gasteiger partial charge in [-0.2, -0.15) is 4.31 Å². The number of carbonyl (C=O) groups excluding carboxylic acids is 2. The lowest BCUT2D eigenvalue weighted by atomic mass is 9.95. The third-order valence-corrected chi connectivity index (χ3v) is 8.14. The van der Waals surface area contributed by atoms with Crippen LogP contribution in [0.3, 0.4) is 0 Å². The maximum atomic E-state index is 13.1. The van der Waals surface area contributed by atoms with Crippen LogP contribution in [-0.2, 0) is 26.2 Å². The molecular formula is C24H33N3O6S. The van der Waals surface area contributed by atoms with E-state index in [0.29, 0.717) is 37.3 Å². The van der Waals surface area contributed by atoms with Gasteiger partial charge >= 0.3 is 0 Å². The highest BCUT2D eigenvalue weighted by atomic mass is 32.2. The van der Waals surface area contributed by atoms with Crippen LogP contribution in [0.25, 0.3) is 0 Å². The number of nitrogens with one attached hydrogen (secondary N) is 2. The fourth-order valence-electron chi connectivity index (χ4n) is 3.94. The molecule has 0 bridgehead atoms. The monoisotopic (exact) mass is 491 g/mol. The molecule has 1 fully saturated rings. The number of sulfonamides is 1. The number of piperidine rings is 1. The molecule has 2 heterocycles. The number of carbonyl (C=O) groups is 2. The van der Waals surface area contributed by atoms with E-state index in [1.54, 1.807) is 24.3 Å². The molecular weight excluding hydrogens is 458 g/mol. The molecule has 3 atom stereocenters. The summed E-state index contributed by atoms with van der Waals surface area (Å²) in [6, 6.07) is 8.97. The van der Waals surface area contributed by atoms with E-state index in [1.165, 1.54) is 29.8 Å². The molecule has 2 unspecified atom stereocenters. The molecule has 3 rings (SSSR count). The third kappa shape index (κ3) is 6.18. The molecule has 1 aliphatic heterocycles. The molecule has 186 valence electrons. The molecule has 1 saturated heterocycles.